The average Bonchev–Trinajstić information content (AvgIpc) is 3.15. The molecule has 26 heavy (non-hydrogen) atoms. The van der Waals surface area contributed by atoms with Crippen LogP contribution in [0.1, 0.15) is 5.69 Å². The van der Waals surface area contributed by atoms with Crippen LogP contribution < -0.4 is 14.8 Å². The summed E-state index contributed by atoms with van der Waals surface area (Å²) in [6.45, 7) is 0.264. The van der Waals surface area contributed by atoms with Gasteiger partial charge in [-0.3, -0.25) is 4.79 Å². The number of benzene rings is 2. The van der Waals surface area contributed by atoms with Gasteiger partial charge in [-0.2, -0.15) is 0 Å². The molecule has 0 spiro atoms. The molecular weight excluding hydrogens is 339 g/mol. The number of nitrogens with zero attached hydrogens (tertiary/aromatic N) is 1. The lowest BCUT2D eigenvalue weighted by atomic mass is 10.1. The van der Waals surface area contributed by atoms with E-state index in [-0.39, 0.29) is 19.1 Å². The van der Waals surface area contributed by atoms with Gasteiger partial charge in [0.15, 0.2) is 17.3 Å². The van der Waals surface area contributed by atoms with E-state index in [0.717, 1.165) is 0 Å². The van der Waals surface area contributed by atoms with Crippen molar-refractivity contribution in [3.05, 3.63) is 66.1 Å². The summed E-state index contributed by atoms with van der Waals surface area (Å²) < 4.78 is 30.1. The number of amides is 1. The van der Waals surface area contributed by atoms with E-state index in [2.05, 4.69) is 10.5 Å². The number of hydrogen-bond acceptors (Lipinski definition) is 5. The van der Waals surface area contributed by atoms with E-state index in [1.54, 1.807) is 36.4 Å². The lowest BCUT2D eigenvalue weighted by Crippen LogP contribution is -2.43. The predicted octanol–water partition coefficient (Wildman–Crippen LogP) is 2.94. The van der Waals surface area contributed by atoms with Crippen molar-refractivity contribution in [1.29, 1.82) is 0 Å². The number of carbonyl (C=O) groups is 1. The molecule has 0 radical (unpaired) electrons. The van der Waals surface area contributed by atoms with Crippen LogP contribution in [0.4, 0.5) is 4.39 Å². The third-order valence-electron chi connectivity index (χ3n) is 3.94. The molecular formula is C19H15FN2O4. The molecule has 1 aliphatic heterocycles. The van der Waals surface area contributed by atoms with E-state index in [1.165, 1.54) is 6.07 Å². The number of carbonyl (C=O) groups excluding carboxylic acids is 1. The van der Waals surface area contributed by atoms with Gasteiger partial charge >= 0.3 is 0 Å². The van der Waals surface area contributed by atoms with E-state index in [0.29, 0.717) is 28.5 Å². The molecule has 1 aliphatic rings. The summed E-state index contributed by atoms with van der Waals surface area (Å²) in [5.74, 6) is 0.726. The Morgan fingerprint density at radius 3 is 2.77 bits per heavy atom. The highest BCUT2D eigenvalue weighted by Gasteiger charge is 2.27. The number of fused-ring (bicyclic) bond motifs is 1. The largest absolute Gasteiger partial charge is 0.485 e. The molecule has 1 N–H and O–H groups in total. The van der Waals surface area contributed by atoms with Crippen molar-refractivity contribution < 1.29 is 23.2 Å². The molecule has 0 fully saturated rings. The Balaban J connectivity index is 1.38. The second-order valence-electron chi connectivity index (χ2n) is 5.74. The smallest absolute Gasteiger partial charge is 0.265 e. The first-order valence-electron chi connectivity index (χ1n) is 8.07. The number of para-hydroxylation sites is 2. The lowest BCUT2D eigenvalue weighted by molar-refractivity contribution is -0.130. The van der Waals surface area contributed by atoms with Crippen molar-refractivity contribution in [2.45, 2.75) is 12.6 Å². The molecule has 0 aliphatic carbocycles. The van der Waals surface area contributed by atoms with Crippen molar-refractivity contribution in [1.82, 2.24) is 10.5 Å². The highest BCUT2D eigenvalue weighted by Crippen LogP contribution is 2.31. The Hall–Kier alpha value is -3.35. The van der Waals surface area contributed by atoms with E-state index >= 15 is 0 Å². The summed E-state index contributed by atoms with van der Waals surface area (Å²) in [5, 5.41) is 6.58. The Morgan fingerprint density at radius 2 is 1.92 bits per heavy atom. The Bertz CT molecular complexity index is 941. The molecule has 1 aromatic heterocycles. The third kappa shape index (κ3) is 3.23. The fourth-order valence-electron chi connectivity index (χ4n) is 2.62. The molecule has 0 unspecified atom stereocenters. The molecule has 1 atom stereocenters. The van der Waals surface area contributed by atoms with Crippen molar-refractivity contribution in [2.75, 3.05) is 6.61 Å². The van der Waals surface area contributed by atoms with Crippen LogP contribution in [0, 0.1) is 5.82 Å². The summed E-state index contributed by atoms with van der Waals surface area (Å²) in [6.07, 6.45) is -0.747. The fourth-order valence-corrected chi connectivity index (χ4v) is 2.62. The van der Waals surface area contributed by atoms with Gasteiger partial charge in [-0.15, -0.1) is 0 Å². The molecule has 1 amide bonds. The van der Waals surface area contributed by atoms with Crippen LogP contribution >= 0.6 is 0 Å². The number of halogens is 1. The minimum Gasteiger partial charge on any atom is -0.485 e. The first-order chi connectivity index (χ1) is 12.7. The van der Waals surface area contributed by atoms with Crippen LogP contribution in [0.15, 0.2) is 59.1 Å². The third-order valence-corrected chi connectivity index (χ3v) is 3.94. The molecule has 132 valence electrons. The molecule has 3 aromatic rings. The van der Waals surface area contributed by atoms with Gasteiger partial charge in [-0.1, -0.05) is 29.4 Å². The Morgan fingerprint density at radius 1 is 1.15 bits per heavy atom. The maximum atomic E-state index is 13.8. The molecule has 7 heteroatoms. The highest BCUT2D eigenvalue weighted by molar-refractivity contribution is 5.81. The fraction of sp³-hybridized carbons (Fsp3) is 0.158. The van der Waals surface area contributed by atoms with Gasteiger partial charge < -0.3 is 19.3 Å². The van der Waals surface area contributed by atoms with Crippen LogP contribution in [0.3, 0.4) is 0 Å². The number of nitrogens with one attached hydrogen (secondary N) is 1. The van der Waals surface area contributed by atoms with Crippen LogP contribution in [0.5, 0.6) is 11.5 Å². The molecule has 6 nitrogen and oxygen atoms in total. The maximum absolute atomic E-state index is 13.8. The van der Waals surface area contributed by atoms with Crippen molar-refractivity contribution in [3.8, 4) is 22.8 Å². The molecule has 0 bridgehead atoms. The van der Waals surface area contributed by atoms with E-state index in [9.17, 15) is 9.18 Å². The SMILES string of the molecule is O=C(NCc1cc(-c2ccccc2F)on1)[C@@H]1COc2ccccc2O1. The predicted molar refractivity (Wildman–Crippen MR) is 90.1 cm³/mol. The molecule has 2 aromatic carbocycles. The second kappa shape index (κ2) is 6.87. The van der Waals surface area contributed by atoms with E-state index in [4.69, 9.17) is 14.0 Å². The number of hydrogen-bond donors (Lipinski definition) is 1. The van der Waals surface area contributed by atoms with Crippen molar-refractivity contribution in [3.63, 3.8) is 0 Å². The van der Waals surface area contributed by atoms with E-state index in [1.807, 2.05) is 12.1 Å². The minimum absolute atomic E-state index is 0.127. The standard InChI is InChI=1S/C19H15FN2O4/c20-14-6-2-1-5-13(14)17-9-12(22-26-17)10-21-19(23)18-11-24-15-7-3-4-8-16(15)25-18/h1-9,18H,10-11H2,(H,21,23)/t18-/m0/s1. The zero-order chi connectivity index (χ0) is 17.9. The highest BCUT2D eigenvalue weighted by atomic mass is 19.1. The molecule has 4 rings (SSSR count). The molecule has 2 heterocycles. The Labute approximate surface area is 148 Å². The normalized spacial score (nSPS) is 15.5. The van der Waals surface area contributed by atoms with Crippen LogP contribution in [-0.4, -0.2) is 23.8 Å². The first kappa shape index (κ1) is 16.1. The van der Waals surface area contributed by atoms with Crippen molar-refractivity contribution in [2.24, 2.45) is 0 Å². The minimum atomic E-state index is -0.747. The van der Waals surface area contributed by atoms with Gasteiger partial charge in [-0.05, 0) is 24.3 Å². The van der Waals surface area contributed by atoms with Crippen LogP contribution in [0.25, 0.3) is 11.3 Å². The van der Waals surface area contributed by atoms with Gasteiger partial charge in [0.2, 0.25) is 6.10 Å². The zero-order valence-electron chi connectivity index (χ0n) is 13.6. The summed E-state index contributed by atoms with van der Waals surface area (Å²) in [5.41, 5.74) is 0.798. The number of aromatic nitrogens is 1. The zero-order valence-corrected chi connectivity index (χ0v) is 13.6. The van der Waals surface area contributed by atoms with Crippen molar-refractivity contribution >= 4 is 5.91 Å². The molecule has 0 saturated heterocycles. The average molecular weight is 354 g/mol. The van der Waals surface area contributed by atoms with Gasteiger partial charge in [0, 0.05) is 6.07 Å². The van der Waals surface area contributed by atoms with Crippen LogP contribution in [0.2, 0.25) is 0 Å². The monoisotopic (exact) mass is 354 g/mol. The van der Waals surface area contributed by atoms with Gasteiger partial charge in [0.05, 0.1) is 12.1 Å². The van der Waals surface area contributed by atoms with Gasteiger partial charge in [0.1, 0.15) is 18.1 Å². The number of ether oxygens (including phenoxy) is 2. The van der Waals surface area contributed by atoms with E-state index < -0.39 is 11.9 Å². The second-order valence-corrected chi connectivity index (χ2v) is 5.74. The summed E-state index contributed by atoms with van der Waals surface area (Å²) in [4.78, 5) is 12.3. The van der Waals surface area contributed by atoms with Crippen LogP contribution in [-0.2, 0) is 11.3 Å². The summed E-state index contributed by atoms with van der Waals surface area (Å²) in [6, 6.07) is 15.0. The van der Waals surface area contributed by atoms with Gasteiger partial charge in [-0.25, -0.2) is 4.39 Å². The first-order valence-corrected chi connectivity index (χ1v) is 8.07. The lowest BCUT2D eigenvalue weighted by Gasteiger charge is -2.25. The Kier molecular flexibility index (Phi) is 4.27. The summed E-state index contributed by atoms with van der Waals surface area (Å²) in [7, 11) is 0. The molecule has 0 saturated carbocycles. The summed E-state index contributed by atoms with van der Waals surface area (Å²) >= 11 is 0. The number of rotatable bonds is 4. The maximum Gasteiger partial charge on any atom is 0.265 e. The topological polar surface area (TPSA) is 73.6 Å². The quantitative estimate of drug-likeness (QED) is 0.780. The van der Waals surface area contributed by atoms with Gasteiger partial charge in [0.25, 0.3) is 5.91 Å².